The molecule has 3 unspecified atom stereocenters. The molecule has 3 aliphatic heterocycles. The van der Waals surface area contributed by atoms with E-state index in [1.165, 1.54) is 51.7 Å². The highest BCUT2D eigenvalue weighted by molar-refractivity contribution is 4.96. The Kier molecular flexibility index (Phi) is 2.95. The van der Waals surface area contributed by atoms with E-state index in [2.05, 4.69) is 10.2 Å². The zero-order valence-electron chi connectivity index (χ0n) is 9.49. The highest BCUT2D eigenvalue weighted by Gasteiger charge is 2.37. The van der Waals surface area contributed by atoms with Crippen LogP contribution in [-0.4, -0.2) is 49.2 Å². The van der Waals surface area contributed by atoms with Gasteiger partial charge in [-0.25, -0.2) is 5.32 Å². The Hall–Kier alpha value is -0.120. The molecule has 0 aromatic carbocycles. The topological polar surface area (TPSA) is 29.4 Å². The van der Waals surface area contributed by atoms with Crippen LogP contribution in [0.15, 0.2) is 0 Å². The quantitative estimate of drug-likeness (QED) is 0.719. The zero-order chi connectivity index (χ0) is 10.1. The predicted molar refractivity (Wildman–Crippen MR) is 61.0 cm³/mol. The van der Waals surface area contributed by atoms with Crippen LogP contribution in [0, 0.1) is 0 Å². The lowest BCUT2D eigenvalue weighted by Gasteiger charge is -2.33. The van der Waals surface area contributed by atoms with Crippen LogP contribution in [0.4, 0.5) is 0 Å². The van der Waals surface area contributed by atoms with Gasteiger partial charge in [-0.1, -0.05) is 0 Å². The molecule has 3 heterocycles. The average Bonchev–Trinajstić information content (AvgIpc) is 3.01. The number of nitrogens with one attached hydrogen (secondary N) is 1. The third kappa shape index (κ3) is 1.93. The van der Waals surface area contributed by atoms with E-state index in [0.29, 0.717) is 6.04 Å². The minimum Gasteiger partial charge on any atom is -0.315 e. The third-order valence-electron chi connectivity index (χ3n) is 4.31. The summed E-state index contributed by atoms with van der Waals surface area (Å²) in [6.07, 6.45) is 6.82. The summed E-state index contributed by atoms with van der Waals surface area (Å²) in [5, 5.41) is 8.27. The summed E-state index contributed by atoms with van der Waals surface area (Å²) in [6, 6.07) is 2.28. The molecule has 3 saturated heterocycles. The van der Waals surface area contributed by atoms with E-state index in [9.17, 15) is 0 Å². The van der Waals surface area contributed by atoms with Crippen LogP contribution in [0.3, 0.4) is 0 Å². The maximum Gasteiger partial charge on any atom is 0.0402 e. The van der Waals surface area contributed by atoms with Crippen molar-refractivity contribution in [3.63, 3.8) is 0 Å². The van der Waals surface area contributed by atoms with Crippen LogP contribution < -0.4 is 10.6 Å². The van der Waals surface area contributed by atoms with Gasteiger partial charge in [0.1, 0.15) is 0 Å². The molecule has 0 spiro atoms. The molecule has 0 aliphatic carbocycles. The molecule has 0 aromatic rings. The number of hydrogen-bond acceptors (Lipinski definition) is 2. The summed E-state index contributed by atoms with van der Waals surface area (Å²) in [6.45, 7) is 4.87. The molecule has 0 aromatic heterocycles. The molecule has 1 radical (unpaired) electrons. The SMILES string of the molecule is C1C[N]C(C2CCCN2C2CCNC2)C1. The molecule has 3 nitrogen and oxygen atoms in total. The first-order valence-electron chi connectivity index (χ1n) is 6.58. The summed E-state index contributed by atoms with van der Waals surface area (Å²) in [5.41, 5.74) is 0. The van der Waals surface area contributed by atoms with Crippen molar-refractivity contribution in [2.75, 3.05) is 26.2 Å². The molecule has 85 valence electrons. The van der Waals surface area contributed by atoms with Gasteiger partial charge in [-0.2, -0.15) is 0 Å². The Morgan fingerprint density at radius 2 is 2.13 bits per heavy atom. The van der Waals surface area contributed by atoms with E-state index < -0.39 is 0 Å². The molecule has 3 atom stereocenters. The Labute approximate surface area is 92.6 Å². The molecule has 3 heteroatoms. The third-order valence-corrected chi connectivity index (χ3v) is 4.31. The number of likely N-dealkylation sites (tertiary alicyclic amines) is 1. The maximum atomic E-state index is 4.78. The van der Waals surface area contributed by atoms with E-state index >= 15 is 0 Å². The summed E-state index contributed by atoms with van der Waals surface area (Å²) < 4.78 is 0. The van der Waals surface area contributed by atoms with Gasteiger partial charge in [0.05, 0.1) is 0 Å². The van der Waals surface area contributed by atoms with Crippen LogP contribution in [-0.2, 0) is 0 Å². The molecule has 15 heavy (non-hydrogen) atoms. The molecular weight excluding hydrogens is 186 g/mol. The minimum absolute atomic E-state index is 0.674. The van der Waals surface area contributed by atoms with Crippen LogP contribution in [0.1, 0.15) is 32.1 Å². The van der Waals surface area contributed by atoms with Crippen molar-refractivity contribution in [1.29, 1.82) is 0 Å². The molecule has 0 saturated carbocycles. The Bertz CT molecular complexity index is 185. The van der Waals surface area contributed by atoms with Gasteiger partial charge in [0.2, 0.25) is 0 Å². The molecule has 3 aliphatic rings. The smallest absolute Gasteiger partial charge is 0.0402 e. The molecular formula is C12H22N3. The highest BCUT2D eigenvalue weighted by atomic mass is 15.3. The Balaban J connectivity index is 1.65. The fraction of sp³-hybridized carbons (Fsp3) is 1.00. The molecule has 3 rings (SSSR count). The van der Waals surface area contributed by atoms with Crippen molar-refractivity contribution in [3.05, 3.63) is 0 Å². The van der Waals surface area contributed by atoms with Crippen molar-refractivity contribution >= 4 is 0 Å². The van der Waals surface area contributed by atoms with E-state index in [1.807, 2.05) is 0 Å². The summed E-state index contributed by atoms with van der Waals surface area (Å²) in [4.78, 5) is 2.76. The van der Waals surface area contributed by atoms with Crippen LogP contribution in [0.25, 0.3) is 0 Å². The standard InChI is InChI=1S/C12H22N3/c1-3-11(14-6-1)12-4-2-8-15(12)10-5-7-13-9-10/h10-13H,1-9H2. The fourth-order valence-corrected chi connectivity index (χ4v) is 3.57. The summed E-state index contributed by atoms with van der Waals surface area (Å²) >= 11 is 0. The average molecular weight is 208 g/mol. The first-order valence-corrected chi connectivity index (χ1v) is 6.58. The van der Waals surface area contributed by atoms with Gasteiger partial charge in [0.15, 0.2) is 0 Å². The Morgan fingerprint density at radius 1 is 1.13 bits per heavy atom. The van der Waals surface area contributed by atoms with Crippen molar-refractivity contribution in [2.45, 2.75) is 50.2 Å². The van der Waals surface area contributed by atoms with E-state index in [-0.39, 0.29) is 0 Å². The van der Waals surface area contributed by atoms with Crippen LogP contribution >= 0.6 is 0 Å². The fourth-order valence-electron chi connectivity index (χ4n) is 3.57. The summed E-state index contributed by atoms with van der Waals surface area (Å²) in [5.74, 6) is 0. The minimum atomic E-state index is 0.674. The van der Waals surface area contributed by atoms with E-state index in [1.54, 1.807) is 0 Å². The second-order valence-corrected chi connectivity index (χ2v) is 5.21. The van der Waals surface area contributed by atoms with E-state index in [4.69, 9.17) is 5.32 Å². The maximum absolute atomic E-state index is 4.78. The monoisotopic (exact) mass is 208 g/mol. The van der Waals surface area contributed by atoms with Gasteiger partial charge >= 0.3 is 0 Å². The first kappa shape index (κ1) is 10.1. The van der Waals surface area contributed by atoms with Gasteiger partial charge in [0, 0.05) is 31.2 Å². The van der Waals surface area contributed by atoms with Crippen molar-refractivity contribution in [1.82, 2.24) is 15.5 Å². The van der Waals surface area contributed by atoms with Gasteiger partial charge in [0.25, 0.3) is 0 Å². The normalized spacial score (nSPS) is 42.8. The number of rotatable bonds is 2. The van der Waals surface area contributed by atoms with Crippen molar-refractivity contribution in [2.24, 2.45) is 0 Å². The largest absolute Gasteiger partial charge is 0.315 e. The van der Waals surface area contributed by atoms with Crippen LogP contribution in [0.2, 0.25) is 0 Å². The van der Waals surface area contributed by atoms with Gasteiger partial charge in [-0.15, -0.1) is 0 Å². The molecule has 1 N–H and O–H groups in total. The van der Waals surface area contributed by atoms with Gasteiger partial charge < -0.3 is 5.32 Å². The lowest BCUT2D eigenvalue weighted by molar-refractivity contribution is 0.161. The van der Waals surface area contributed by atoms with E-state index in [0.717, 1.165) is 18.6 Å². The predicted octanol–water partition coefficient (Wildman–Crippen LogP) is 0.579. The first-order chi connectivity index (χ1) is 7.45. The lowest BCUT2D eigenvalue weighted by atomic mass is 10.0. The molecule has 0 amide bonds. The Morgan fingerprint density at radius 3 is 2.87 bits per heavy atom. The van der Waals surface area contributed by atoms with Crippen molar-refractivity contribution < 1.29 is 0 Å². The lowest BCUT2D eigenvalue weighted by Crippen LogP contribution is -2.47. The van der Waals surface area contributed by atoms with Crippen molar-refractivity contribution in [3.8, 4) is 0 Å². The summed E-state index contributed by atoms with van der Waals surface area (Å²) in [7, 11) is 0. The molecule has 0 bridgehead atoms. The van der Waals surface area contributed by atoms with Gasteiger partial charge in [-0.3, -0.25) is 4.90 Å². The van der Waals surface area contributed by atoms with Crippen LogP contribution in [0.5, 0.6) is 0 Å². The molecule has 3 fully saturated rings. The second-order valence-electron chi connectivity index (χ2n) is 5.21. The highest BCUT2D eigenvalue weighted by Crippen LogP contribution is 2.28. The second kappa shape index (κ2) is 4.40. The van der Waals surface area contributed by atoms with Gasteiger partial charge in [-0.05, 0) is 45.2 Å². The number of nitrogens with zero attached hydrogens (tertiary/aromatic N) is 2. The zero-order valence-corrected chi connectivity index (χ0v) is 9.49. The number of hydrogen-bond donors (Lipinski definition) is 1.